The first-order chi connectivity index (χ1) is 13.5. The summed E-state index contributed by atoms with van der Waals surface area (Å²) in [5.74, 6) is -1.64. The number of amides is 2. The van der Waals surface area contributed by atoms with Crippen molar-refractivity contribution in [2.45, 2.75) is 19.4 Å². The van der Waals surface area contributed by atoms with Crippen molar-refractivity contribution in [3.8, 4) is 5.82 Å². The first-order valence-electron chi connectivity index (χ1n) is 8.31. The smallest absolute Gasteiger partial charge is 0.287 e. The Bertz CT molecular complexity index is 1000. The second-order valence-corrected chi connectivity index (χ2v) is 5.91. The number of nitrogens with zero attached hydrogens (tertiary/aromatic N) is 5. The molecule has 3 heterocycles. The summed E-state index contributed by atoms with van der Waals surface area (Å²) < 4.78 is 1.52. The van der Waals surface area contributed by atoms with E-state index in [0.717, 1.165) is 5.56 Å². The van der Waals surface area contributed by atoms with Crippen LogP contribution < -0.4 is 11.1 Å². The molecule has 3 aromatic rings. The van der Waals surface area contributed by atoms with E-state index in [0.29, 0.717) is 11.6 Å². The molecule has 0 bridgehead atoms. The van der Waals surface area contributed by atoms with Gasteiger partial charge < -0.3 is 11.1 Å². The molecule has 0 aliphatic rings. The molecule has 0 saturated carbocycles. The van der Waals surface area contributed by atoms with Crippen molar-refractivity contribution in [1.29, 1.82) is 0 Å². The molecule has 1 atom stereocenters. The van der Waals surface area contributed by atoms with Crippen LogP contribution in [0.4, 0.5) is 0 Å². The number of pyridine rings is 1. The number of hydrogen-bond acceptors (Lipinski definition) is 7. The fourth-order valence-electron chi connectivity index (χ4n) is 2.68. The normalized spacial score (nSPS) is 11.6. The van der Waals surface area contributed by atoms with E-state index in [1.165, 1.54) is 23.3 Å². The Hall–Kier alpha value is -3.95. The van der Waals surface area contributed by atoms with Crippen molar-refractivity contribution in [2.24, 2.45) is 5.73 Å². The standard InChI is InChI=1S/C18H17N7O3/c1-11-22-9-14(25(11)15-4-7-21-10-23-15)18(28)24-13(16(26)17(19)27)8-12-2-5-20-6-3-12/h2-7,9-10,13H,8H2,1H3,(H2,19,27)(H,24,28). The molecule has 10 heteroatoms. The summed E-state index contributed by atoms with van der Waals surface area (Å²) in [7, 11) is 0. The summed E-state index contributed by atoms with van der Waals surface area (Å²) >= 11 is 0. The van der Waals surface area contributed by atoms with Gasteiger partial charge in [-0.25, -0.2) is 15.0 Å². The van der Waals surface area contributed by atoms with Crippen molar-refractivity contribution in [1.82, 2.24) is 29.8 Å². The van der Waals surface area contributed by atoms with Gasteiger partial charge in [0.2, 0.25) is 5.78 Å². The molecule has 2 amide bonds. The van der Waals surface area contributed by atoms with Crippen LogP contribution in [-0.2, 0) is 16.0 Å². The van der Waals surface area contributed by atoms with Crippen LogP contribution in [0.25, 0.3) is 5.82 Å². The molecule has 0 aromatic carbocycles. The number of aromatic nitrogens is 5. The molecule has 0 radical (unpaired) electrons. The Labute approximate surface area is 159 Å². The second-order valence-electron chi connectivity index (χ2n) is 5.91. The van der Waals surface area contributed by atoms with E-state index >= 15 is 0 Å². The van der Waals surface area contributed by atoms with Gasteiger partial charge in [-0.1, -0.05) is 0 Å². The topological polar surface area (TPSA) is 146 Å². The summed E-state index contributed by atoms with van der Waals surface area (Å²) in [6.07, 6.45) is 7.44. The third-order valence-electron chi connectivity index (χ3n) is 4.02. The van der Waals surface area contributed by atoms with Crippen LogP contribution in [0, 0.1) is 6.92 Å². The van der Waals surface area contributed by atoms with Gasteiger partial charge in [-0.3, -0.25) is 23.9 Å². The predicted molar refractivity (Wildman–Crippen MR) is 97.3 cm³/mol. The molecule has 0 spiro atoms. The quantitative estimate of drug-likeness (QED) is 0.539. The summed E-state index contributed by atoms with van der Waals surface area (Å²) in [5, 5.41) is 2.57. The number of Topliss-reactive ketones (excluding diaryl/α,β-unsaturated/α-hetero) is 1. The van der Waals surface area contributed by atoms with Gasteiger partial charge in [0.15, 0.2) is 0 Å². The highest BCUT2D eigenvalue weighted by atomic mass is 16.2. The van der Waals surface area contributed by atoms with E-state index in [9.17, 15) is 14.4 Å². The maximum atomic E-state index is 12.8. The number of carbonyl (C=O) groups is 3. The molecule has 0 saturated heterocycles. The number of nitrogens with one attached hydrogen (secondary N) is 1. The largest absolute Gasteiger partial charge is 0.363 e. The molecule has 3 N–H and O–H groups in total. The van der Waals surface area contributed by atoms with Crippen LogP contribution in [0.1, 0.15) is 21.9 Å². The average Bonchev–Trinajstić information content (AvgIpc) is 3.09. The van der Waals surface area contributed by atoms with Gasteiger partial charge in [0, 0.05) is 25.0 Å². The number of ketones is 1. The SMILES string of the molecule is Cc1ncc(C(=O)NC(Cc2ccncc2)C(=O)C(N)=O)n1-c1ccncn1. The molecule has 0 fully saturated rings. The Morgan fingerprint density at radius 1 is 1.11 bits per heavy atom. The molecular weight excluding hydrogens is 362 g/mol. The van der Waals surface area contributed by atoms with E-state index in [1.807, 2.05) is 0 Å². The van der Waals surface area contributed by atoms with Crippen molar-refractivity contribution < 1.29 is 14.4 Å². The van der Waals surface area contributed by atoms with Gasteiger partial charge in [-0.05, 0) is 30.7 Å². The summed E-state index contributed by atoms with van der Waals surface area (Å²) in [6.45, 7) is 1.71. The Balaban J connectivity index is 1.89. The highest BCUT2D eigenvalue weighted by molar-refractivity contribution is 6.38. The number of carbonyl (C=O) groups excluding carboxylic acids is 3. The minimum absolute atomic E-state index is 0.0939. The van der Waals surface area contributed by atoms with Gasteiger partial charge in [-0.15, -0.1) is 0 Å². The number of primary amides is 1. The maximum absolute atomic E-state index is 12.8. The van der Waals surface area contributed by atoms with E-state index in [-0.39, 0.29) is 12.1 Å². The molecular formula is C18H17N7O3. The fraction of sp³-hybridized carbons (Fsp3) is 0.167. The average molecular weight is 379 g/mol. The molecule has 3 aromatic heterocycles. The number of nitrogens with two attached hydrogens (primary N) is 1. The van der Waals surface area contributed by atoms with E-state index in [2.05, 4.69) is 25.3 Å². The lowest BCUT2D eigenvalue weighted by atomic mass is 10.0. The fourth-order valence-corrected chi connectivity index (χ4v) is 2.68. The first kappa shape index (κ1) is 18.8. The minimum atomic E-state index is -1.13. The van der Waals surface area contributed by atoms with Crippen molar-refractivity contribution in [3.63, 3.8) is 0 Å². The molecule has 3 rings (SSSR count). The van der Waals surface area contributed by atoms with Gasteiger partial charge >= 0.3 is 0 Å². The van der Waals surface area contributed by atoms with Crippen molar-refractivity contribution >= 4 is 17.6 Å². The van der Waals surface area contributed by atoms with Gasteiger partial charge in [-0.2, -0.15) is 0 Å². The third kappa shape index (κ3) is 4.06. The molecule has 10 nitrogen and oxygen atoms in total. The minimum Gasteiger partial charge on any atom is -0.363 e. The second kappa shape index (κ2) is 8.16. The van der Waals surface area contributed by atoms with E-state index in [4.69, 9.17) is 5.73 Å². The maximum Gasteiger partial charge on any atom is 0.287 e. The Morgan fingerprint density at radius 3 is 2.46 bits per heavy atom. The van der Waals surface area contributed by atoms with Crippen molar-refractivity contribution in [3.05, 3.63) is 66.4 Å². The molecule has 28 heavy (non-hydrogen) atoms. The Kier molecular flexibility index (Phi) is 5.49. The molecule has 142 valence electrons. The molecule has 0 aliphatic heterocycles. The lowest BCUT2D eigenvalue weighted by Crippen LogP contribution is -2.47. The number of rotatable bonds is 7. The first-order valence-corrected chi connectivity index (χ1v) is 8.31. The van der Waals surface area contributed by atoms with Crippen LogP contribution >= 0.6 is 0 Å². The predicted octanol–water partition coefficient (Wildman–Crippen LogP) is -0.239. The van der Waals surface area contributed by atoms with Crippen LogP contribution in [-0.4, -0.2) is 48.1 Å². The zero-order chi connectivity index (χ0) is 20.1. The number of aryl methyl sites for hydroxylation is 1. The summed E-state index contributed by atoms with van der Waals surface area (Å²) in [5.41, 5.74) is 6.02. The lowest BCUT2D eigenvalue weighted by molar-refractivity contribution is -0.137. The van der Waals surface area contributed by atoms with Crippen LogP contribution in [0.15, 0.2) is 49.3 Å². The number of imidazole rings is 1. The van der Waals surface area contributed by atoms with E-state index < -0.39 is 23.6 Å². The molecule has 1 unspecified atom stereocenters. The van der Waals surface area contributed by atoms with Crippen LogP contribution in [0.5, 0.6) is 0 Å². The third-order valence-corrected chi connectivity index (χ3v) is 4.02. The van der Waals surface area contributed by atoms with Gasteiger partial charge in [0.1, 0.15) is 29.7 Å². The van der Waals surface area contributed by atoms with Gasteiger partial charge in [0.25, 0.3) is 11.8 Å². The monoisotopic (exact) mass is 379 g/mol. The lowest BCUT2D eigenvalue weighted by Gasteiger charge is -2.17. The summed E-state index contributed by atoms with van der Waals surface area (Å²) in [4.78, 5) is 52.5. The van der Waals surface area contributed by atoms with Gasteiger partial charge in [0.05, 0.1) is 6.20 Å². The van der Waals surface area contributed by atoms with E-state index in [1.54, 1.807) is 37.5 Å². The number of hydrogen-bond donors (Lipinski definition) is 2. The zero-order valence-electron chi connectivity index (χ0n) is 14.9. The zero-order valence-corrected chi connectivity index (χ0v) is 14.9. The molecule has 0 aliphatic carbocycles. The van der Waals surface area contributed by atoms with Crippen LogP contribution in [0.3, 0.4) is 0 Å². The summed E-state index contributed by atoms with van der Waals surface area (Å²) in [6, 6.07) is 3.86. The highest BCUT2D eigenvalue weighted by Crippen LogP contribution is 2.12. The van der Waals surface area contributed by atoms with Crippen molar-refractivity contribution in [2.75, 3.05) is 0 Å². The van der Waals surface area contributed by atoms with Crippen LogP contribution in [0.2, 0.25) is 0 Å². The highest BCUT2D eigenvalue weighted by Gasteiger charge is 2.27. The Morgan fingerprint density at radius 2 is 1.82 bits per heavy atom.